The van der Waals surface area contributed by atoms with Crippen molar-refractivity contribution in [1.82, 2.24) is 0 Å². The van der Waals surface area contributed by atoms with Crippen molar-refractivity contribution in [3.8, 4) is 5.75 Å². The zero-order valence-corrected chi connectivity index (χ0v) is 11.5. The van der Waals surface area contributed by atoms with Crippen LogP contribution < -0.4 is 4.74 Å². The average Bonchev–Trinajstić information content (AvgIpc) is 2.37. The van der Waals surface area contributed by atoms with E-state index in [1.807, 2.05) is 0 Å². The first-order chi connectivity index (χ1) is 8.36. The minimum absolute atomic E-state index is 0.732. The van der Waals surface area contributed by atoms with Crippen molar-refractivity contribution in [3.63, 3.8) is 0 Å². The predicted octanol–water partition coefficient (Wildman–Crippen LogP) is 4.82. The Bertz CT molecular complexity index is 281. The molecule has 1 aromatic rings. The number of hydrogen-bond donors (Lipinski definition) is 0. The highest BCUT2D eigenvalue weighted by atomic mass is 35.5. The van der Waals surface area contributed by atoms with Gasteiger partial charge in [-0.2, -0.15) is 0 Å². The molecule has 0 heterocycles. The van der Waals surface area contributed by atoms with Crippen LogP contribution in [0, 0.1) is 0 Å². The van der Waals surface area contributed by atoms with Crippen molar-refractivity contribution in [2.24, 2.45) is 0 Å². The Morgan fingerprint density at radius 3 is 2.41 bits per heavy atom. The zero-order valence-electron chi connectivity index (χ0n) is 10.8. The smallest absolute Gasteiger partial charge is 0.119 e. The Morgan fingerprint density at radius 1 is 1.00 bits per heavy atom. The standard InChI is InChI=1S/C15H23ClO/c1-2-3-4-5-13-17-15-10-8-14(9-11-15)7-6-12-16/h8-11H,2-7,12-13H2,1H3. The van der Waals surface area contributed by atoms with Crippen molar-refractivity contribution in [1.29, 1.82) is 0 Å². The molecule has 0 radical (unpaired) electrons. The molecular weight excluding hydrogens is 232 g/mol. The van der Waals surface area contributed by atoms with Crippen molar-refractivity contribution >= 4 is 11.6 Å². The molecule has 1 aromatic carbocycles. The molecule has 0 aromatic heterocycles. The molecule has 0 aliphatic rings. The molecule has 0 amide bonds. The highest BCUT2D eigenvalue weighted by molar-refractivity contribution is 6.17. The summed E-state index contributed by atoms with van der Waals surface area (Å²) in [5, 5.41) is 0. The van der Waals surface area contributed by atoms with Gasteiger partial charge in [0, 0.05) is 5.88 Å². The van der Waals surface area contributed by atoms with E-state index >= 15 is 0 Å². The summed E-state index contributed by atoms with van der Waals surface area (Å²) in [7, 11) is 0. The van der Waals surface area contributed by atoms with Crippen LogP contribution in [0.5, 0.6) is 5.75 Å². The lowest BCUT2D eigenvalue weighted by molar-refractivity contribution is 0.305. The summed E-state index contributed by atoms with van der Waals surface area (Å²) in [6, 6.07) is 8.38. The Hall–Kier alpha value is -0.690. The van der Waals surface area contributed by atoms with Gasteiger partial charge in [0.1, 0.15) is 5.75 Å². The third-order valence-corrected chi connectivity index (χ3v) is 3.06. The average molecular weight is 255 g/mol. The van der Waals surface area contributed by atoms with Gasteiger partial charge in [0.15, 0.2) is 0 Å². The van der Waals surface area contributed by atoms with Gasteiger partial charge in [-0.25, -0.2) is 0 Å². The van der Waals surface area contributed by atoms with Crippen LogP contribution in [0.25, 0.3) is 0 Å². The van der Waals surface area contributed by atoms with Gasteiger partial charge in [0.2, 0.25) is 0 Å². The number of halogens is 1. The highest BCUT2D eigenvalue weighted by Crippen LogP contribution is 2.14. The van der Waals surface area contributed by atoms with Crippen LogP contribution >= 0.6 is 11.6 Å². The molecule has 17 heavy (non-hydrogen) atoms. The first-order valence-electron chi connectivity index (χ1n) is 6.64. The van der Waals surface area contributed by atoms with Crippen LogP contribution in [-0.4, -0.2) is 12.5 Å². The van der Waals surface area contributed by atoms with Gasteiger partial charge >= 0.3 is 0 Å². The normalized spacial score (nSPS) is 10.5. The Kier molecular flexibility index (Phi) is 7.91. The molecule has 0 unspecified atom stereocenters. The molecule has 0 atom stereocenters. The van der Waals surface area contributed by atoms with E-state index in [0.29, 0.717) is 0 Å². The van der Waals surface area contributed by atoms with Crippen LogP contribution in [0.3, 0.4) is 0 Å². The summed E-state index contributed by atoms with van der Waals surface area (Å²) in [5.41, 5.74) is 1.34. The van der Waals surface area contributed by atoms with E-state index < -0.39 is 0 Å². The number of ether oxygens (including phenoxy) is 1. The molecule has 0 fully saturated rings. The van der Waals surface area contributed by atoms with Crippen molar-refractivity contribution in [2.45, 2.75) is 45.4 Å². The quantitative estimate of drug-likeness (QED) is 0.454. The maximum atomic E-state index is 5.69. The van der Waals surface area contributed by atoms with Gasteiger partial charge in [0.05, 0.1) is 6.61 Å². The Morgan fingerprint density at radius 2 is 1.76 bits per heavy atom. The van der Waals surface area contributed by atoms with Gasteiger partial charge < -0.3 is 4.74 Å². The Labute approximate surface area is 110 Å². The first kappa shape index (κ1) is 14.4. The van der Waals surface area contributed by atoms with Gasteiger partial charge in [-0.1, -0.05) is 38.3 Å². The van der Waals surface area contributed by atoms with E-state index in [-0.39, 0.29) is 0 Å². The van der Waals surface area contributed by atoms with Gasteiger partial charge in [-0.15, -0.1) is 11.6 Å². The molecule has 96 valence electrons. The summed E-state index contributed by atoms with van der Waals surface area (Å²) >= 11 is 5.67. The third kappa shape index (κ3) is 6.58. The Balaban J connectivity index is 2.20. The second kappa shape index (κ2) is 9.35. The molecule has 2 heteroatoms. The fourth-order valence-corrected chi connectivity index (χ4v) is 1.88. The summed E-state index contributed by atoms with van der Waals surface area (Å²) in [6.07, 6.45) is 7.10. The van der Waals surface area contributed by atoms with Crippen LogP contribution in [-0.2, 0) is 6.42 Å². The van der Waals surface area contributed by atoms with Crippen molar-refractivity contribution < 1.29 is 4.74 Å². The number of alkyl halides is 1. The van der Waals surface area contributed by atoms with E-state index in [4.69, 9.17) is 16.3 Å². The molecule has 0 spiro atoms. The summed E-state index contributed by atoms with van der Waals surface area (Å²) < 4.78 is 5.69. The molecule has 0 saturated heterocycles. The number of rotatable bonds is 9. The first-order valence-corrected chi connectivity index (χ1v) is 7.18. The molecule has 0 aliphatic heterocycles. The minimum atomic E-state index is 0.732. The SMILES string of the molecule is CCCCCCOc1ccc(CCCCl)cc1. The summed E-state index contributed by atoms with van der Waals surface area (Å²) in [6.45, 7) is 3.06. The van der Waals surface area contributed by atoms with Crippen LogP contribution in [0.2, 0.25) is 0 Å². The number of unbranched alkanes of at least 4 members (excludes halogenated alkanes) is 3. The van der Waals surface area contributed by atoms with Gasteiger partial charge in [-0.05, 0) is 37.0 Å². The molecule has 1 rings (SSSR count). The number of hydrogen-bond acceptors (Lipinski definition) is 1. The van der Waals surface area contributed by atoms with Gasteiger partial charge in [0.25, 0.3) is 0 Å². The third-order valence-electron chi connectivity index (χ3n) is 2.79. The van der Waals surface area contributed by atoms with Crippen molar-refractivity contribution in [2.75, 3.05) is 12.5 Å². The second-order valence-corrected chi connectivity index (χ2v) is 4.72. The van der Waals surface area contributed by atoms with E-state index in [1.54, 1.807) is 0 Å². The molecule has 0 bridgehead atoms. The maximum absolute atomic E-state index is 5.69. The fraction of sp³-hybridized carbons (Fsp3) is 0.600. The van der Waals surface area contributed by atoms with Crippen LogP contribution in [0.4, 0.5) is 0 Å². The second-order valence-electron chi connectivity index (χ2n) is 4.35. The largest absolute Gasteiger partial charge is 0.494 e. The highest BCUT2D eigenvalue weighted by Gasteiger charge is 1.96. The van der Waals surface area contributed by atoms with E-state index in [2.05, 4.69) is 31.2 Å². The fourth-order valence-electron chi connectivity index (χ4n) is 1.74. The van der Waals surface area contributed by atoms with E-state index in [0.717, 1.165) is 37.5 Å². The zero-order chi connectivity index (χ0) is 12.3. The maximum Gasteiger partial charge on any atom is 0.119 e. The lowest BCUT2D eigenvalue weighted by Crippen LogP contribution is -1.97. The minimum Gasteiger partial charge on any atom is -0.494 e. The van der Waals surface area contributed by atoms with E-state index in [1.165, 1.54) is 24.8 Å². The molecule has 0 aliphatic carbocycles. The summed E-state index contributed by atoms with van der Waals surface area (Å²) in [5.74, 6) is 1.71. The molecule has 1 nitrogen and oxygen atoms in total. The lowest BCUT2D eigenvalue weighted by atomic mass is 10.1. The predicted molar refractivity (Wildman–Crippen MR) is 75.1 cm³/mol. The summed E-state index contributed by atoms with van der Waals surface area (Å²) in [4.78, 5) is 0. The monoisotopic (exact) mass is 254 g/mol. The van der Waals surface area contributed by atoms with Crippen LogP contribution in [0.1, 0.15) is 44.6 Å². The van der Waals surface area contributed by atoms with E-state index in [9.17, 15) is 0 Å². The molecular formula is C15H23ClO. The molecule has 0 saturated carbocycles. The topological polar surface area (TPSA) is 9.23 Å². The van der Waals surface area contributed by atoms with Crippen molar-refractivity contribution in [3.05, 3.63) is 29.8 Å². The van der Waals surface area contributed by atoms with Crippen LogP contribution in [0.15, 0.2) is 24.3 Å². The molecule has 0 N–H and O–H groups in total. The van der Waals surface area contributed by atoms with Gasteiger partial charge in [-0.3, -0.25) is 0 Å². The number of aryl methyl sites for hydroxylation is 1. The number of benzene rings is 1. The lowest BCUT2D eigenvalue weighted by Gasteiger charge is -2.06.